The summed E-state index contributed by atoms with van der Waals surface area (Å²) in [5.74, 6) is -1.26. The highest BCUT2D eigenvalue weighted by atomic mass is 16.4. The zero-order valence-electron chi connectivity index (χ0n) is 5.37. The molecule has 10 heavy (non-hydrogen) atoms. The van der Waals surface area contributed by atoms with E-state index in [9.17, 15) is 4.79 Å². The number of hydrogen-bond donors (Lipinski definition) is 4. The highest BCUT2D eigenvalue weighted by Crippen LogP contribution is 2.12. The zero-order valence-corrected chi connectivity index (χ0v) is 5.37. The summed E-state index contributed by atoms with van der Waals surface area (Å²) in [6.45, 7) is 0.723. The highest BCUT2D eigenvalue weighted by molar-refractivity contribution is 5.74. The summed E-state index contributed by atoms with van der Waals surface area (Å²) in [5, 5.41) is 20.1. The minimum Gasteiger partial charge on any atom is -0.479 e. The van der Waals surface area contributed by atoms with Gasteiger partial charge in [0.1, 0.15) is 0 Å². The Hall–Kier alpha value is -0.650. The molecule has 1 aliphatic heterocycles. The lowest BCUT2D eigenvalue weighted by atomic mass is 9.87. The van der Waals surface area contributed by atoms with Crippen LogP contribution in [-0.4, -0.2) is 40.9 Å². The molecule has 1 atom stereocenters. The molecule has 1 heterocycles. The Balaban J connectivity index is 2.54. The first kappa shape index (κ1) is 7.46. The molecular formula is C5H10N2O3. The van der Waals surface area contributed by atoms with E-state index in [1.807, 2.05) is 0 Å². The van der Waals surface area contributed by atoms with E-state index in [0.717, 1.165) is 0 Å². The van der Waals surface area contributed by atoms with E-state index >= 15 is 0 Å². The minimum absolute atomic E-state index is 0.362. The highest BCUT2D eigenvalue weighted by Gasteiger charge is 2.43. The number of nitrogens with two attached hydrogens (primary N) is 1. The first-order chi connectivity index (χ1) is 4.56. The number of aliphatic hydroxyl groups excluding tert-OH is 1. The van der Waals surface area contributed by atoms with Crippen molar-refractivity contribution in [2.45, 2.75) is 11.6 Å². The Morgan fingerprint density at radius 1 is 1.70 bits per heavy atom. The van der Waals surface area contributed by atoms with Gasteiger partial charge >= 0.3 is 5.97 Å². The molecule has 1 aliphatic rings. The van der Waals surface area contributed by atoms with Gasteiger partial charge in [-0.2, -0.15) is 0 Å². The summed E-state index contributed by atoms with van der Waals surface area (Å²) in [6, 6.07) is 0. The molecular weight excluding hydrogens is 136 g/mol. The largest absolute Gasteiger partial charge is 0.479 e. The van der Waals surface area contributed by atoms with Crippen molar-refractivity contribution in [3.63, 3.8) is 0 Å². The Labute approximate surface area is 57.8 Å². The molecule has 58 valence electrons. The maximum atomic E-state index is 10.2. The Morgan fingerprint density at radius 3 is 2.30 bits per heavy atom. The Kier molecular flexibility index (Phi) is 1.63. The number of carboxylic acid groups (broad SMARTS) is 1. The van der Waals surface area contributed by atoms with Gasteiger partial charge in [0, 0.05) is 13.1 Å². The van der Waals surface area contributed by atoms with Gasteiger partial charge in [-0.25, -0.2) is 4.79 Å². The van der Waals surface area contributed by atoms with Crippen molar-refractivity contribution in [3.05, 3.63) is 0 Å². The second-order valence-corrected chi connectivity index (χ2v) is 2.58. The molecule has 5 N–H and O–H groups in total. The second kappa shape index (κ2) is 2.19. The standard InChI is InChI=1S/C5H10N2O3/c6-5(1-7-2-5)3(8)4(9)10/h3,7-8H,1-2,6H2,(H,9,10). The molecule has 0 spiro atoms. The molecule has 0 saturated carbocycles. The molecule has 1 unspecified atom stereocenters. The lowest BCUT2D eigenvalue weighted by Gasteiger charge is -2.40. The molecule has 1 fully saturated rings. The summed E-state index contributed by atoms with van der Waals surface area (Å²) >= 11 is 0. The van der Waals surface area contributed by atoms with E-state index in [2.05, 4.69) is 5.32 Å². The lowest BCUT2D eigenvalue weighted by Crippen LogP contribution is -2.73. The van der Waals surface area contributed by atoms with Gasteiger partial charge < -0.3 is 21.3 Å². The Morgan fingerprint density at radius 2 is 2.20 bits per heavy atom. The van der Waals surface area contributed by atoms with E-state index in [-0.39, 0.29) is 0 Å². The van der Waals surface area contributed by atoms with E-state index in [4.69, 9.17) is 15.9 Å². The van der Waals surface area contributed by atoms with Crippen LogP contribution in [0.5, 0.6) is 0 Å². The number of hydrogen-bond acceptors (Lipinski definition) is 4. The number of aliphatic hydroxyl groups is 1. The quantitative estimate of drug-likeness (QED) is 0.352. The summed E-state index contributed by atoms with van der Waals surface area (Å²) in [5.41, 5.74) is 4.50. The van der Waals surface area contributed by atoms with Crippen molar-refractivity contribution in [1.82, 2.24) is 5.32 Å². The molecule has 0 aromatic rings. The maximum absolute atomic E-state index is 10.2. The number of rotatable bonds is 2. The van der Waals surface area contributed by atoms with Gasteiger partial charge in [0.25, 0.3) is 0 Å². The first-order valence-corrected chi connectivity index (χ1v) is 2.97. The molecule has 0 aromatic heterocycles. The van der Waals surface area contributed by atoms with Crippen molar-refractivity contribution >= 4 is 5.97 Å². The van der Waals surface area contributed by atoms with E-state index in [1.54, 1.807) is 0 Å². The fourth-order valence-corrected chi connectivity index (χ4v) is 0.853. The SMILES string of the molecule is NC1(C(O)C(=O)O)CNC1. The normalized spacial score (nSPS) is 25.0. The van der Waals surface area contributed by atoms with Crippen LogP contribution in [0.25, 0.3) is 0 Å². The summed E-state index contributed by atoms with van der Waals surface area (Å²) < 4.78 is 0. The van der Waals surface area contributed by atoms with Crippen LogP contribution in [0.1, 0.15) is 0 Å². The van der Waals surface area contributed by atoms with Crippen LogP contribution < -0.4 is 11.1 Å². The molecule has 0 radical (unpaired) electrons. The fraction of sp³-hybridized carbons (Fsp3) is 0.800. The van der Waals surface area contributed by atoms with E-state index in [0.29, 0.717) is 13.1 Å². The van der Waals surface area contributed by atoms with E-state index < -0.39 is 17.6 Å². The van der Waals surface area contributed by atoms with Gasteiger partial charge in [0.15, 0.2) is 6.10 Å². The zero-order chi connectivity index (χ0) is 7.78. The fourth-order valence-electron chi connectivity index (χ4n) is 0.853. The van der Waals surface area contributed by atoms with Crippen molar-refractivity contribution in [2.24, 2.45) is 5.73 Å². The van der Waals surface area contributed by atoms with Crippen LogP contribution in [0.15, 0.2) is 0 Å². The predicted octanol–water partition coefficient (Wildman–Crippen LogP) is -2.27. The molecule has 0 amide bonds. The molecule has 0 aliphatic carbocycles. The van der Waals surface area contributed by atoms with Gasteiger partial charge in [-0.3, -0.25) is 0 Å². The predicted molar refractivity (Wildman–Crippen MR) is 33.4 cm³/mol. The van der Waals surface area contributed by atoms with Gasteiger partial charge in [0.2, 0.25) is 0 Å². The summed E-state index contributed by atoms with van der Waals surface area (Å²) in [4.78, 5) is 10.2. The van der Waals surface area contributed by atoms with Gasteiger partial charge in [-0.15, -0.1) is 0 Å². The number of nitrogens with one attached hydrogen (secondary N) is 1. The molecule has 0 bridgehead atoms. The number of aliphatic carboxylic acids is 1. The van der Waals surface area contributed by atoms with Crippen molar-refractivity contribution in [1.29, 1.82) is 0 Å². The van der Waals surface area contributed by atoms with Gasteiger partial charge in [-0.1, -0.05) is 0 Å². The third-order valence-corrected chi connectivity index (χ3v) is 1.69. The first-order valence-electron chi connectivity index (χ1n) is 2.97. The minimum atomic E-state index is -1.45. The van der Waals surface area contributed by atoms with Crippen LogP contribution in [0.2, 0.25) is 0 Å². The smallest absolute Gasteiger partial charge is 0.334 e. The van der Waals surface area contributed by atoms with Crippen LogP contribution in [0, 0.1) is 0 Å². The van der Waals surface area contributed by atoms with Crippen LogP contribution in [0.3, 0.4) is 0 Å². The van der Waals surface area contributed by atoms with Crippen molar-refractivity contribution in [2.75, 3.05) is 13.1 Å². The molecule has 1 saturated heterocycles. The third kappa shape index (κ3) is 0.985. The molecule has 1 rings (SSSR count). The summed E-state index contributed by atoms with van der Waals surface area (Å²) in [7, 11) is 0. The van der Waals surface area contributed by atoms with E-state index in [1.165, 1.54) is 0 Å². The Bertz CT molecular complexity index is 155. The van der Waals surface area contributed by atoms with Crippen molar-refractivity contribution in [3.8, 4) is 0 Å². The van der Waals surface area contributed by atoms with Gasteiger partial charge in [0.05, 0.1) is 5.54 Å². The van der Waals surface area contributed by atoms with Crippen LogP contribution in [-0.2, 0) is 4.79 Å². The van der Waals surface area contributed by atoms with Gasteiger partial charge in [-0.05, 0) is 0 Å². The third-order valence-electron chi connectivity index (χ3n) is 1.69. The maximum Gasteiger partial charge on any atom is 0.334 e. The topological polar surface area (TPSA) is 95.6 Å². The molecule has 0 aromatic carbocycles. The average Bonchev–Trinajstić information content (AvgIpc) is 1.81. The molecule has 5 nitrogen and oxygen atoms in total. The second-order valence-electron chi connectivity index (χ2n) is 2.58. The van der Waals surface area contributed by atoms with Crippen molar-refractivity contribution < 1.29 is 15.0 Å². The van der Waals surface area contributed by atoms with Crippen LogP contribution in [0.4, 0.5) is 0 Å². The monoisotopic (exact) mass is 146 g/mol. The lowest BCUT2D eigenvalue weighted by molar-refractivity contribution is -0.151. The molecule has 5 heteroatoms. The number of carboxylic acids is 1. The van der Waals surface area contributed by atoms with Crippen LogP contribution >= 0.6 is 0 Å². The summed E-state index contributed by atoms with van der Waals surface area (Å²) in [6.07, 6.45) is -1.45. The number of carbonyl (C=O) groups is 1. The average molecular weight is 146 g/mol.